The van der Waals surface area contributed by atoms with Crippen LogP contribution in [0, 0.1) is 0 Å². The minimum absolute atomic E-state index is 0.451. The van der Waals surface area contributed by atoms with Crippen LogP contribution in [-0.4, -0.2) is 23.6 Å². The van der Waals surface area contributed by atoms with E-state index in [1.54, 1.807) is 0 Å². The van der Waals surface area contributed by atoms with Crippen molar-refractivity contribution in [3.05, 3.63) is 36.0 Å². The predicted molar refractivity (Wildman–Crippen MR) is 75.5 cm³/mol. The summed E-state index contributed by atoms with van der Waals surface area (Å²) in [5.74, 6) is 0. The number of aryl methyl sites for hydroxylation is 1. The topological polar surface area (TPSA) is 31.2 Å². The summed E-state index contributed by atoms with van der Waals surface area (Å²) in [4.78, 5) is 11.1. The summed E-state index contributed by atoms with van der Waals surface area (Å²) in [5.41, 5.74) is 1.93. The zero-order valence-corrected chi connectivity index (χ0v) is 11.0. The maximum Gasteiger partial charge on any atom is 0.152 e. The minimum atomic E-state index is 0.451. The summed E-state index contributed by atoms with van der Waals surface area (Å²) in [5, 5.41) is 1.05. The standard InChI is InChI=1S/C16H19NO2/c18-12-13-11-17(16-8-2-1-7-15(13)16)9-3-5-14-6-4-10-19-14/h1-2,7-8,11-12,14H,3-6,9-10H2. The van der Waals surface area contributed by atoms with Gasteiger partial charge in [-0.05, 0) is 31.7 Å². The summed E-state index contributed by atoms with van der Waals surface area (Å²) < 4.78 is 7.83. The van der Waals surface area contributed by atoms with E-state index in [-0.39, 0.29) is 0 Å². The third-order valence-electron chi connectivity index (χ3n) is 3.90. The van der Waals surface area contributed by atoms with Gasteiger partial charge in [0.1, 0.15) is 0 Å². The molecule has 0 N–H and O–H groups in total. The fraction of sp³-hybridized carbons (Fsp3) is 0.438. The molecule has 0 radical (unpaired) electrons. The van der Waals surface area contributed by atoms with Crippen molar-refractivity contribution >= 4 is 17.2 Å². The van der Waals surface area contributed by atoms with E-state index in [0.29, 0.717) is 6.10 Å². The molecule has 3 heteroatoms. The highest BCUT2D eigenvalue weighted by Crippen LogP contribution is 2.22. The Bertz CT molecular complexity index is 567. The summed E-state index contributed by atoms with van der Waals surface area (Å²) in [6, 6.07) is 8.09. The molecule has 1 aromatic heterocycles. The summed E-state index contributed by atoms with van der Waals surface area (Å²) in [7, 11) is 0. The summed E-state index contributed by atoms with van der Waals surface area (Å²) in [6.45, 7) is 1.88. The van der Waals surface area contributed by atoms with Crippen molar-refractivity contribution < 1.29 is 9.53 Å². The quantitative estimate of drug-likeness (QED) is 0.769. The highest BCUT2D eigenvalue weighted by Gasteiger charge is 2.15. The van der Waals surface area contributed by atoms with Crippen LogP contribution in [0.5, 0.6) is 0 Å². The predicted octanol–water partition coefficient (Wildman–Crippen LogP) is 3.41. The SMILES string of the molecule is O=Cc1cn(CCCC2CCCO2)c2ccccc12. The first-order chi connectivity index (χ1) is 9.38. The number of hydrogen-bond donors (Lipinski definition) is 0. The maximum absolute atomic E-state index is 11.1. The molecule has 0 spiro atoms. The highest BCUT2D eigenvalue weighted by molar-refractivity contribution is 5.97. The van der Waals surface area contributed by atoms with Crippen molar-refractivity contribution in [3.8, 4) is 0 Å². The minimum Gasteiger partial charge on any atom is -0.378 e. The number of carbonyl (C=O) groups is 1. The number of para-hydroxylation sites is 1. The largest absolute Gasteiger partial charge is 0.378 e. The van der Waals surface area contributed by atoms with E-state index in [1.807, 2.05) is 24.4 Å². The first-order valence-electron chi connectivity index (χ1n) is 7.03. The van der Waals surface area contributed by atoms with Gasteiger partial charge < -0.3 is 9.30 Å². The Morgan fingerprint density at radius 3 is 3.05 bits per heavy atom. The van der Waals surface area contributed by atoms with E-state index in [1.165, 1.54) is 12.8 Å². The molecule has 2 aromatic rings. The number of hydrogen-bond acceptors (Lipinski definition) is 2. The van der Waals surface area contributed by atoms with Gasteiger partial charge in [-0.15, -0.1) is 0 Å². The fourth-order valence-electron chi connectivity index (χ4n) is 2.92. The molecule has 1 aliphatic rings. The normalized spacial score (nSPS) is 19.1. The summed E-state index contributed by atoms with van der Waals surface area (Å²) >= 11 is 0. The average Bonchev–Trinajstić information content (AvgIpc) is 3.07. The Hall–Kier alpha value is -1.61. The lowest BCUT2D eigenvalue weighted by Crippen LogP contribution is -2.06. The Morgan fingerprint density at radius 1 is 1.37 bits per heavy atom. The molecule has 1 fully saturated rings. The lowest BCUT2D eigenvalue weighted by atomic mass is 10.1. The van der Waals surface area contributed by atoms with Gasteiger partial charge in [0.2, 0.25) is 0 Å². The van der Waals surface area contributed by atoms with Gasteiger partial charge in [0.25, 0.3) is 0 Å². The molecule has 3 nitrogen and oxygen atoms in total. The van der Waals surface area contributed by atoms with Gasteiger partial charge in [0.05, 0.1) is 6.10 Å². The molecule has 19 heavy (non-hydrogen) atoms. The first-order valence-corrected chi connectivity index (χ1v) is 7.03. The molecule has 1 aliphatic heterocycles. The maximum atomic E-state index is 11.1. The van der Waals surface area contributed by atoms with Crippen molar-refractivity contribution in [2.45, 2.75) is 38.3 Å². The molecule has 1 atom stereocenters. The van der Waals surface area contributed by atoms with E-state index in [9.17, 15) is 4.79 Å². The second-order valence-corrected chi connectivity index (χ2v) is 5.19. The van der Waals surface area contributed by atoms with Crippen LogP contribution in [0.4, 0.5) is 0 Å². The van der Waals surface area contributed by atoms with Crippen LogP contribution >= 0.6 is 0 Å². The number of rotatable bonds is 5. The molecule has 0 bridgehead atoms. The third-order valence-corrected chi connectivity index (χ3v) is 3.90. The smallest absolute Gasteiger partial charge is 0.152 e. The molecule has 100 valence electrons. The Morgan fingerprint density at radius 2 is 2.26 bits per heavy atom. The Labute approximate surface area is 113 Å². The molecular weight excluding hydrogens is 238 g/mol. The van der Waals surface area contributed by atoms with Gasteiger partial charge in [0.15, 0.2) is 6.29 Å². The van der Waals surface area contributed by atoms with E-state index in [0.717, 1.165) is 48.7 Å². The third kappa shape index (κ3) is 2.56. The summed E-state index contributed by atoms with van der Waals surface area (Å²) in [6.07, 6.45) is 7.97. The zero-order valence-electron chi connectivity index (χ0n) is 11.0. The molecular formula is C16H19NO2. The number of aromatic nitrogens is 1. The van der Waals surface area contributed by atoms with Crippen LogP contribution < -0.4 is 0 Å². The van der Waals surface area contributed by atoms with E-state index >= 15 is 0 Å². The van der Waals surface area contributed by atoms with E-state index < -0.39 is 0 Å². The van der Waals surface area contributed by atoms with Gasteiger partial charge in [-0.2, -0.15) is 0 Å². The van der Waals surface area contributed by atoms with Crippen molar-refractivity contribution in [3.63, 3.8) is 0 Å². The number of carbonyl (C=O) groups excluding carboxylic acids is 1. The lowest BCUT2D eigenvalue weighted by Gasteiger charge is -2.10. The van der Waals surface area contributed by atoms with Gasteiger partial charge in [-0.1, -0.05) is 18.2 Å². The molecule has 1 saturated heterocycles. The van der Waals surface area contributed by atoms with Crippen molar-refractivity contribution in [1.82, 2.24) is 4.57 Å². The van der Waals surface area contributed by atoms with Crippen LogP contribution in [0.3, 0.4) is 0 Å². The van der Waals surface area contributed by atoms with Crippen molar-refractivity contribution in [1.29, 1.82) is 0 Å². The molecule has 0 aliphatic carbocycles. The van der Waals surface area contributed by atoms with Crippen molar-refractivity contribution in [2.24, 2.45) is 0 Å². The van der Waals surface area contributed by atoms with E-state index in [4.69, 9.17) is 4.74 Å². The monoisotopic (exact) mass is 257 g/mol. The van der Waals surface area contributed by atoms with Crippen LogP contribution in [0.1, 0.15) is 36.0 Å². The van der Waals surface area contributed by atoms with Gasteiger partial charge in [0, 0.05) is 35.8 Å². The van der Waals surface area contributed by atoms with Crippen LogP contribution in [0.25, 0.3) is 10.9 Å². The Kier molecular flexibility index (Phi) is 3.65. The van der Waals surface area contributed by atoms with Crippen molar-refractivity contribution in [2.75, 3.05) is 6.61 Å². The molecule has 0 amide bonds. The average molecular weight is 257 g/mol. The van der Waals surface area contributed by atoms with E-state index in [2.05, 4.69) is 10.6 Å². The highest BCUT2D eigenvalue weighted by atomic mass is 16.5. The van der Waals surface area contributed by atoms with Crippen LogP contribution in [-0.2, 0) is 11.3 Å². The lowest BCUT2D eigenvalue weighted by molar-refractivity contribution is 0.101. The number of ether oxygens (including phenoxy) is 1. The van der Waals surface area contributed by atoms with Gasteiger partial charge >= 0.3 is 0 Å². The second-order valence-electron chi connectivity index (χ2n) is 5.19. The molecule has 1 unspecified atom stereocenters. The number of aldehydes is 1. The fourth-order valence-corrected chi connectivity index (χ4v) is 2.92. The molecule has 2 heterocycles. The molecule has 3 rings (SSSR count). The van der Waals surface area contributed by atoms with Gasteiger partial charge in [-0.25, -0.2) is 0 Å². The van der Waals surface area contributed by atoms with Crippen LogP contribution in [0.15, 0.2) is 30.5 Å². The number of fused-ring (bicyclic) bond motifs is 1. The van der Waals surface area contributed by atoms with Crippen LogP contribution in [0.2, 0.25) is 0 Å². The number of benzene rings is 1. The molecule has 0 saturated carbocycles. The second kappa shape index (κ2) is 5.57. The zero-order chi connectivity index (χ0) is 13.1. The molecule has 1 aromatic carbocycles. The van der Waals surface area contributed by atoms with Gasteiger partial charge in [-0.3, -0.25) is 4.79 Å². The first kappa shape index (κ1) is 12.4. The Balaban J connectivity index is 1.71. The number of nitrogens with zero attached hydrogens (tertiary/aromatic N) is 1.